The highest BCUT2D eigenvalue weighted by Crippen LogP contribution is 2.52. The normalized spacial score (nSPS) is 45.7. The van der Waals surface area contributed by atoms with E-state index in [9.17, 15) is 0 Å². The van der Waals surface area contributed by atoms with E-state index in [2.05, 4.69) is 13.8 Å². The van der Waals surface area contributed by atoms with Crippen LogP contribution in [0.1, 0.15) is 174 Å². The zero-order valence-corrected chi connectivity index (χ0v) is 26.6. The Morgan fingerprint density at radius 3 is 1.05 bits per heavy atom. The lowest BCUT2D eigenvalue weighted by molar-refractivity contribution is 0.0440. The maximum atomic E-state index is 2.66. The summed E-state index contributed by atoms with van der Waals surface area (Å²) in [6.07, 6.45) is 39.3. The number of hydrogen-bond donors (Lipinski definition) is 0. The van der Waals surface area contributed by atoms with Gasteiger partial charge in [-0.2, -0.15) is 0 Å². The van der Waals surface area contributed by atoms with Crippen LogP contribution >= 0.6 is 0 Å². The van der Waals surface area contributed by atoms with Crippen molar-refractivity contribution in [2.24, 2.45) is 71.0 Å². The van der Waals surface area contributed by atoms with Crippen LogP contribution in [-0.2, 0) is 0 Å². The Hall–Kier alpha value is 0. The largest absolute Gasteiger partial charge is 0.0622 e. The fraction of sp³-hybridized carbons (Fsp3) is 1.00. The van der Waals surface area contributed by atoms with Gasteiger partial charge in [0.25, 0.3) is 0 Å². The molecule has 0 aromatic rings. The Kier molecular flexibility index (Phi) is 10.4. The number of rotatable bonds is 6. The van der Waals surface area contributed by atoms with Gasteiger partial charge in [-0.3, -0.25) is 0 Å². The van der Waals surface area contributed by atoms with Crippen molar-refractivity contribution < 1.29 is 0 Å². The van der Waals surface area contributed by atoms with Gasteiger partial charge in [0.05, 0.1) is 0 Å². The lowest BCUT2D eigenvalue weighted by Gasteiger charge is -2.46. The monoisotopic (exact) mass is 537 g/mol. The average molecular weight is 537 g/mol. The van der Waals surface area contributed by atoms with E-state index in [-0.39, 0.29) is 0 Å². The van der Waals surface area contributed by atoms with E-state index < -0.39 is 0 Å². The molecule has 0 heterocycles. The molecule has 6 aliphatic carbocycles. The molecule has 0 aromatic heterocycles. The predicted octanol–water partition coefficient (Wildman–Crippen LogP) is 12.3. The van der Waals surface area contributed by atoms with Gasteiger partial charge in [-0.1, -0.05) is 129 Å². The smallest absolute Gasteiger partial charge is 0.0383 e. The summed E-state index contributed by atoms with van der Waals surface area (Å²) in [6.45, 7) is 5.32. The molecule has 0 spiro atoms. The summed E-state index contributed by atoms with van der Waals surface area (Å²) >= 11 is 0. The third-order valence-corrected chi connectivity index (χ3v) is 14.9. The minimum Gasteiger partial charge on any atom is -0.0622 e. The molecule has 224 valence electrons. The van der Waals surface area contributed by atoms with Crippen molar-refractivity contribution in [3.05, 3.63) is 0 Å². The minimum absolute atomic E-state index is 0.997. The van der Waals surface area contributed by atoms with Crippen LogP contribution in [0.3, 0.4) is 0 Å². The van der Waals surface area contributed by atoms with E-state index >= 15 is 0 Å². The molecule has 0 nitrogen and oxygen atoms in total. The van der Waals surface area contributed by atoms with Gasteiger partial charge in [0.1, 0.15) is 0 Å². The Morgan fingerprint density at radius 1 is 0.308 bits per heavy atom. The highest BCUT2D eigenvalue weighted by Gasteiger charge is 2.41. The standard InChI is InChI=1S/C39H68/c1-28-19-21-36(34-17-9-15-32(23-34)30-11-5-3-6-12-30)25-38(28)27-39-26-37(22-20-29(39)2)35-18-10-16-33(24-35)31-13-7-4-8-14-31/h28-39H,3-27H2,1-2H3. The first-order valence-electron chi connectivity index (χ1n) is 19.1. The van der Waals surface area contributed by atoms with E-state index in [1.807, 2.05) is 0 Å². The van der Waals surface area contributed by atoms with E-state index in [0.717, 1.165) is 71.0 Å². The molecule has 6 rings (SSSR count). The predicted molar refractivity (Wildman–Crippen MR) is 169 cm³/mol. The molecule has 39 heavy (non-hydrogen) atoms. The van der Waals surface area contributed by atoms with Crippen LogP contribution in [0.4, 0.5) is 0 Å². The summed E-state index contributed by atoms with van der Waals surface area (Å²) in [4.78, 5) is 0. The lowest BCUT2D eigenvalue weighted by atomic mass is 9.59. The second-order valence-electron chi connectivity index (χ2n) is 17.0. The van der Waals surface area contributed by atoms with Gasteiger partial charge in [0.15, 0.2) is 0 Å². The first kappa shape index (κ1) is 29.1. The van der Waals surface area contributed by atoms with Gasteiger partial charge >= 0.3 is 0 Å². The third-order valence-electron chi connectivity index (χ3n) is 14.9. The zero-order chi connectivity index (χ0) is 26.6. The van der Waals surface area contributed by atoms with Gasteiger partial charge in [-0.15, -0.1) is 0 Å². The van der Waals surface area contributed by atoms with Gasteiger partial charge < -0.3 is 0 Å². The summed E-state index contributed by atoms with van der Waals surface area (Å²) < 4.78 is 0. The lowest BCUT2D eigenvalue weighted by Crippen LogP contribution is -2.36. The van der Waals surface area contributed by atoms with Crippen molar-refractivity contribution in [1.29, 1.82) is 0 Å². The molecule has 0 aliphatic heterocycles. The molecule has 6 aliphatic rings. The van der Waals surface area contributed by atoms with Gasteiger partial charge in [0.2, 0.25) is 0 Å². The van der Waals surface area contributed by atoms with E-state index in [1.54, 1.807) is 122 Å². The maximum absolute atomic E-state index is 2.66. The maximum Gasteiger partial charge on any atom is -0.0383 e. The first-order valence-corrected chi connectivity index (χ1v) is 19.1. The molecule has 6 saturated carbocycles. The average Bonchev–Trinajstić information content (AvgIpc) is 3.00. The van der Waals surface area contributed by atoms with Crippen LogP contribution in [-0.4, -0.2) is 0 Å². The van der Waals surface area contributed by atoms with E-state index in [1.165, 1.54) is 38.5 Å². The molecule has 0 amide bonds. The zero-order valence-electron chi connectivity index (χ0n) is 26.6. The molecular weight excluding hydrogens is 468 g/mol. The van der Waals surface area contributed by atoms with Crippen LogP contribution in [0.15, 0.2) is 0 Å². The minimum atomic E-state index is 0.997. The summed E-state index contributed by atoms with van der Waals surface area (Å²) in [7, 11) is 0. The van der Waals surface area contributed by atoms with Crippen LogP contribution in [0.2, 0.25) is 0 Å². The summed E-state index contributed by atoms with van der Waals surface area (Å²) in [5.74, 6) is 12.9. The molecule has 0 saturated heterocycles. The summed E-state index contributed by atoms with van der Waals surface area (Å²) in [5.41, 5.74) is 0. The van der Waals surface area contributed by atoms with Crippen molar-refractivity contribution in [2.75, 3.05) is 0 Å². The SMILES string of the molecule is CC1CCC(C2CCCC(C3CCCCC3)C2)CC1CC1CC(C2CCCC(C3CCCCC3)C2)CCC1C. The van der Waals surface area contributed by atoms with Crippen LogP contribution in [0, 0.1) is 71.0 Å². The van der Waals surface area contributed by atoms with Crippen LogP contribution in [0.25, 0.3) is 0 Å². The number of hydrogen-bond acceptors (Lipinski definition) is 0. The Bertz CT molecular complexity index is 652. The Balaban J connectivity index is 1.03. The fourth-order valence-electron chi connectivity index (χ4n) is 12.3. The van der Waals surface area contributed by atoms with Crippen molar-refractivity contribution >= 4 is 0 Å². The van der Waals surface area contributed by atoms with Crippen LogP contribution in [0.5, 0.6) is 0 Å². The topological polar surface area (TPSA) is 0 Å². The van der Waals surface area contributed by atoms with Crippen molar-refractivity contribution in [2.45, 2.75) is 174 Å². The molecule has 10 atom stereocenters. The summed E-state index contributed by atoms with van der Waals surface area (Å²) in [5, 5.41) is 0. The molecule has 0 bridgehead atoms. The van der Waals surface area contributed by atoms with Gasteiger partial charge in [-0.25, -0.2) is 0 Å². The first-order chi connectivity index (χ1) is 19.1. The quantitative estimate of drug-likeness (QED) is 0.316. The molecular formula is C39H68. The van der Waals surface area contributed by atoms with Gasteiger partial charge in [0, 0.05) is 0 Å². The Morgan fingerprint density at radius 2 is 0.641 bits per heavy atom. The van der Waals surface area contributed by atoms with Crippen molar-refractivity contribution in [3.8, 4) is 0 Å². The van der Waals surface area contributed by atoms with Crippen molar-refractivity contribution in [3.63, 3.8) is 0 Å². The third kappa shape index (κ3) is 7.32. The Labute approximate surface area is 245 Å². The fourth-order valence-corrected chi connectivity index (χ4v) is 12.3. The second-order valence-corrected chi connectivity index (χ2v) is 17.0. The highest BCUT2D eigenvalue weighted by atomic mass is 14.5. The molecule has 6 fully saturated rings. The van der Waals surface area contributed by atoms with E-state index in [4.69, 9.17) is 0 Å². The second kappa shape index (κ2) is 14.0. The highest BCUT2D eigenvalue weighted by molar-refractivity contribution is 4.91. The molecule has 0 heteroatoms. The van der Waals surface area contributed by atoms with Gasteiger partial charge in [-0.05, 0) is 116 Å². The molecule has 0 N–H and O–H groups in total. The molecule has 0 radical (unpaired) electrons. The molecule has 10 unspecified atom stereocenters. The summed E-state index contributed by atoms with van der Waals surface area (Å²) in [6, 6.07) is 0. The van der Waals surface area contributed by atoms with Crippen molar-refractivity contribution in [1.82, 2.24) is 0 Å². The van der Waals surface area contributed by atoms with Crippen LogP contribution < -0.4 is 0 Å². The molecule has 0 aromatic carbocycles. The van der Waals surface area contributed by atoms with E-state index in [0.29, 0.717) is 0 Å².